The molecule has 0 aromatic rings. The average molecular weight is 534 g/mol. The van der Waals surface area contributed by atoms with Gasteiger partial charge in [-0.05, 0) is 158 Å². The largest absolute Gasteiger partial charge is 0.315 e. The van der Waals surface area contributed by atoms with Crippen LogP contribution in [-0.2, 0) is 0 Å². The van der Waals surface area contributed by atoms with Crippen LogP contribution in [0, 0.1) is 0 Å². The second-order valence-corrected chi connectivity index (χ2v) is 14.9. The molecule has 0 aliphatic carbocycles. The van der Waals surface area contributed by atoms with Crippen LogP contribution in [0.25, 0.3) is 0 Å². The first-order chi connectivity index (χ1) is 16.1. The van der Waals surface area contributed by atoms with Crippen LogP contribution >= 0.6 is 0 Å². The molecule has 0 heterocycles. The smallest absolute Gasteiger partial charge is 0.0124 e. The maximum atomic E-state index is 3.28. The third-order valence-corrected chi connectivity index (χ3v) is 6.13. The lowest BCUT2D eigenvalue weighted by Gasteiger charge is -2.33. The Bertz CT molecular complexity index is 462. The fourth-order valence-electron chi connectivity index (χ4n) is 2.18. The molecule has 232 valence electrons. The number of nitrogens with zero attached hydrogens (tertiary/aromatic N) is 3. The van der Waals surface area contributed by atoms with Gasteiger partial charge in [-0.1, -0.05) is 27.7 Å². The second kappa shape index (κ2) is 21.6. The van der Waals surface area contributed by atoms with Crippen LogP contribution in [-0.4, -0.2) is 96.8 Å². The fraction of sp³-hybridized carbons (Fsp3) is 1.00. The van der Waals surface area contributed by atoms with Crippen LogP contribution in [0.3, 0.4) is 0 Å². The molecule has 0 rings (SSSR count). The zero-order valence-corrected chi connectivity index (χ0v) is 30.7. The van der Waals surface area contributed by atoms with Crippen molar-refractivity contribution in [3.63, 3.8) is 0 Å². The molecule has 0 saturated carbocycles. The van der Waals surface area contributed by atoms with E-state index in [1.807, 2.05) is 7.05 Å². The van der Waals surface area contributed by atoms with Crippen LogP contribution in [0.15, 0.2) is 0 Å². The van der Waals surface area contributed by atoms with Gasteiger partial charge in [0.25, 0.3) is 0 Å². The standard InChI is InChI=1S/C8H19N.C7H17N.2C6H15N.C5H13N/c1-6-9(7-2)8(3,4)5;1-6-8(5)7(2,3)4;1-6(2,3)7(4)5;1-5-7-6(2,3)4;1-5(2,3)6-4/h6-7H2,1-5H3;6H2,1-5H3;1-5H3;7H,5H2,1-4H3;6H,1-4H3. The van der Waals surface area contributed by atoms with Crippen LogP contribution in [0.2, 0.25) is 0 Å². The third-order valence-electron chi connectivity index (χ3n) is 6.13. The second-order valence-electron chi connectivity index (χ2n) is 14.9. The van der Waals surface area contributed by atoms with E-state index in [-0.39, 0.29) is 0 Å². The molecule has 2 N–H and O–H groups in total. The number of rotatable bonds is 4. The quantitative estimate of drug-likeness (QED) is 0.389. The molecule has 0 aromatic heterocycles. The summed E-state index contributed by atoms with van der Waals surface area (Å²) >= 11 is 0. The van der Waals surface area contributed by atoms with Crippen molar-refractivity contribution in [2.24, 2.45) is 0 Å². The zero-order chi connectivity index (χ0) is 31.5. The van der Waals surface area contributed by atoms with E-state index >= 15 is 0 Å². The Labute approximate surface area is 238 Å². The third kappa shape index (κ3) is 43.1. The zero-order valence-electron chi connectivity index (χ0n) is 30.7. The summed E-state index contributed by atoms with van der Waals surface area (Å²) < 4.78 is 0. The molecule has 5 heteroatoms. The van der Waals surface area contributed by atoms with Gasteiger partial charge in [0.15, 0.2) is 0 Å². The molecular weight excluding hydrogens is 454 g/mol. The van der Waals surface area contributed by atoms with E-state index in [1.54, 1.807) is 0 Å². The normalized spacial score (nSPS) is 12.5. The Hall–Kier alpha value is -0.200. The number of hydrogen-bond donors (Lipinski definition) is 2. The van der Waals surface area contributed by atoms with Crippen molar-refractivity contribution >= 4 is 0 Å². The monoisotopic (exact) mass is 534 g/mol. The summed E-state index contributed by atoms with van der Waals surface area (Å²) in [6.07, 6.45) is 0. The predicted molar refractivity (Wildman–Crippen MR) is 176 cm³/mol. The molecule has 5 nitrogen and oxygen atoms in total. The molecule has 0 atom stereocenters. The minimum Gasteiger partial charge on any atom is -0.315 e. The van der Waals surface area contributed by atoms with Crippen molar-refractivity contribution in [2.45, 2.75) is 159 Å². The van der Waals surface area contributed by atoms with Gasteiger partial charge in [-0.25, -0.2) is 0 Å². The number of hydrogen-bond acceptors (Lipinski definition) is 5. The Morgan fingerprint density at radius 2 is 0.784 bits per heavy atom. The van der Waals surface area contributed by atoms with E-state index in [4.69, 9.17) is 0 Å². The first-order valence-electron chi connectivity index (χ1n) is 14.6. The highest BCUT2D eigenvalue weighted by atomic mass is 15.2. The number of nitrogens with one attached hydrogen (secondary N) is 2. The van der Waals surface area contributed by atoms with Gasteiger partial charge in [-0.3, -0.25) is 4.90 Å². The highest BCUT2D eigenvalue weighted by molar-refractivity contribution is 4.73. The summed E-state index contributed by atoms with van der Waals surface area (Å²) in [4.78, 5) is 6.94. The predicted octanol–water partition coefficient (Wildman–Crippen LogP) is 7.61. The molecule has 0 fully saturated rings. The van der Waals surface area contributed by atoms with Crippen LogP contribution in [0.1, 0.15) is 132 Å². The van der Waals surface area contributed by atoms with Crippen molar-refractivity contribution in [2.75, 3.05) is 54.4 Å². The molecule has 37 heavy (non-hydrogen) atoms. The SMILES string of the molecule is CCN(C)C(C)(C)C.CCN(CC)C(C)(C)C.CCNC(C)(C)C.CN(C)C(C)(C)C.CNC(C)(C)C. The molecule has 0 amide bonds. The van der Waals surface area contributed by atoms with E-state index in [0.717, 1.165) is 26.2 Å². The van der Waals surface area contributed by atoms with Crippen molar-refractivity contribution < 1.29 is 0 Å². The fourth-order valence-corrected chi connectivity index (χ4v) is 2.18. The van der Waals surface area contributed by atoms with Crippen molar-refractivity contribution in [1.29, 1.82) is 0 Å². The van der Waals surface area contributed by atoms with Gasteiger partial charge >= 0.3 is 0 Å². The van der Waals surface area contributed by atoms with Gasteiger partial charge in [0, 0.05) is 27.7 Å². The maximum Gasteiger partial charge on any atom is 0.0124 e. The summed E-state index contributed by atoms with van der Waals surface area (Å²) in [6.45, 7) is 46.0. The Balaban J connectivity index is -0.000000116. The van der Waals surface area contributed by atoms with Crippen molar-refractivity contribution in [1.82, 2.24) is 25.3 Å². The summed E-state index contributed by atoms with van der Waals surface area (Å²) in [6, 6.07) is 0. The highest BCUT2D eigenvalue weighted by Crippen LogP contribution is 2.11. The lowest BCUT2D eigenvalue weighted by molar-refractivity contribution is 0.153. The van der Waals surface area contributed by atoms with E-state index in [0.29, 0.717) is 27.7 Å². The van der Waals surface area contributed by atoms with Crippen LogP contribution < -0.4 is 10.6 Å². The topological polar surface area (TPSA) is 33.8 Å². The van der Waals surface area contributed by atoms with E-state index in [1.165, 1.54) is 0 Å². The van der Waals surface area contributed by atoms with Crippen LogP contribution in [0.5, 0.6) is 0 Å². The molecule has 0 aliphatic rings. The Morgan fingerprint density at radius 3 is 0.784 bits per heavy atom. The van der Waals surface area contributed by atoms with Crippen molar-refractivity contribution in [3.05, 3.63) is 0 Å². The van der Waals surface area contributed by atoms with Gasteiger partial charge in [0.1, 0.15) is 0 Å². The first kappa shape index (κ1) is 46.6. The van der Waals surface area contributed by atoms with Crippen molar-refractivity contribution in [3.8, 4) is 0 Å². The van der Waals surface area contributed by atoms with Gasteiger partial charge in [0.2, 0.25) is 0 Å². The Morgan fingerprint density at radius 1 is 0.486 bits per heavy atom. The van der Waals surface area contributed by atoms with Gasteiger partial charge < -0.3 is 20.4 Å². The molecule has 0 radical (unpaired) electrons. The Kier molecular flexibility index (Phi) is 27.2. The van der Waals surface area contributed by atoms with E-state index in [9.17, 15) is 0 Å². The maximum absolute atomic E-state index is 3.28. The lowest BCUT2D eigenvalue weighted by atomic mass is 10.1. The van der Waals surface area contributed by atoms with Crippen LogP contribution in [0.4, 0.5) is 0 Å². The highest BCUT2D eigenvalue weighted by Gasteiger charge is 2.16. The summed E-state index contributed by atoms with van der Waals surface area (Å²) in [5, 5.41) is 6.39. The molecule has 0 saturated heterocycles. The minimum atomic E-state index is 0.292. The first-order valence-corrected chi connectivity index (χ1v) is 14.6. The molecular formula is C32H79N5. The molecule has 0 aliphatic heterocycles. The summed E-state index contributed by atoms with van der Waals surface area (Å²) in [7, 11) is 8.26. The minimum absolute atomic E-state index is 0.292. The van der Waals surface area contributed by atoms with Gasteiger partial charge in [-0.15, -0.1) is 0 Å². The van der Waals surface area contributed by atoms with Gasteiger partial charge in [0.05, 0.1) is 0 Å². The molecule has 0 bridgehead atoms. The summed E-state index contributed by atoms with van der Waals surface area (Å²) in [5.41, 5.74) is 1.62. The van der Waals surface area contributed by atoms with E-state index < -0.39 is 0 Å². The van der Waals surface area contributed by atoms with Gasteiger partial charge in [-0.2, -0.15) is 0 Å². The average Bonchev–Trinajstić information content (AvgIpc) is 2.66. The lowest BCUT2D eigenvalue weighted by Crippen LogP contribution is -2.40. The molecule has 0 unspecified atom stereocenters. The summed E-state index contributed by atoms with van der Waals surface area (Å²) in [5.74, 6) is 0. The van der Waals surface area contributed by atoms with E-state index in [2.05, 4.69) is 178 Å². The molecule has 0 aromatic carbocycles. The molecule has 0 spiro atoms.